The molecule has 0 radical (unpaired) electrons. The van der Waals surface area contributed by atoms with Gasteiger partial charge in [0.25, 0.3) is 5.91 Å². The molecular formula is C18H21F2N5O3. The molecule has 1 aromatic heterocycles. The highest BCUT2D eigenvalue weighted by Gasteiger charge is 2.44. The van der Waals surface area contributed by atoms with Gasteiger partial charge in [0.2, 0.25) is 0 Å². The Hall–Kier alpha value is -3.01. The monoisotopic (exact) mass is 393 g/mol. The molecule has 2 heterocycles. The van der Waals surface area contributed by atoms with Gasteiger partial charge in [-0.15, -0.1) is 0 Å². The van der Waals surface area contributed by atoms with E-state index in [1.165, 1.54) is 4.90 Å². The number of amides is 3. The third kappa shape index (κ3) is 3.31. The van der Waals surface area contributed by atoms with Crippen LogP contribution in [0.15, 0.2) is 18.2 Å². The van der Waals surface area contributed by atoms with Gasteiger partial charge >= 0.3 is 6.03 Å². The number of aliphatic hydroxyl groups is 1. The number of hydrogen-bond donors (Lipinski definition) is 3. The van der Waals surface area contributed by atoms with Crippen molar-refractivity contribution in [3.63, 3.8) is 0 Å². The van der Waals surface area contributed by atoms with Gasteiger partial charge in [-0.3, -0.25) is 9.89 Å². The van der Waals surface area contributed by atoms with Crippen molar-refractivity contribution in [1.29, 1.82) is 0 Å². The maximum Gasteiger partial charge on any atom is 0.320 e. The van der Waals surface area contributed by atoms with Crippen LogP contribution in [0.25, 0.3) is 0 Å². The lowest BCUT2D eigenvalue weighted by Crippen LogP contribution is -2.47. The number of anilines is 1. The summed E-state index contributed by atoms with van der Waals surface area (Å²) in [5, 5.41) is 18.5. The fraction of sp³-hybridized carbons (Fsp3) is 0.389. The largest absolute Gasteiger partial charge is 0.395 e. The predicted molar refractivity (Wildman–Crippen MR) is 96.6 cm³/mol. The molecule has 0 unspecified atom stereocenters. The number of H-pyrrole nitrogens is 1. The molecule has 1 aromatic carbocycles. The Morgan fingerprint density at radius 1 is 1.39 bits per heavy atom. The summed E-state index contributed by atoms with van der Waals surface area (Å²) in [4.78, 5) is 28.0. The summed E-state index contributed by atoms with van der Waals surface area (Å²) in [7, 11) is 1.58. The Kier molecular flexibility index (Phi) is 5.07. The topological polar surface area (TPSA) is 102 Å². The predicted octanol–water partition coefficient (Wildman–Crippen LogP) is 2.03. The van der Waals surface area contributed by atoms with E-state index in [2.05, 4.69) is 15.5 Å². The first-order valence-electron chi connectivity index (χ1n) is 8.64. The molecule has 2 aromatic rings. The van der Waals surface area contributed by atoms with E-state index in [0.717, 1.165) is 12.1 Å². The molecule has 1 aliphatic heterocycles. The van der Waals surface area contributed by atoms with Crippen molar-refractivity contribution >= 4 is 17.8 Å². The van der Waals surface area contributed by atoms with Crippen molar-refractivity contribution in [2.24, 2.45) is 0 Å². The van der Waals surface area contributed by atoms with E-state index >= 15 is 0 Å². The molecule has 10 heteroatoms. The minimum atomic E-state index is -0.979. The molecule has 3 N–H and O–H groups in total. The number of halogens is 2. The van der Waals surface area contributed by atoms with Crippen LogP contribution in [0, 0.1) is 11.6 Å². The zero-order chi connectivity index (χ0) is 20.6. The van der Waals surface area contributed by atoms with Gasteiger partial charge in [0, 0.05) is 25.2 Å². The summed E-state index contributed by atoms with van der Waals surface area (Å²) in [5.74, 6) is -2.35. The van der Waals surface area contributed by atoms with Gasteiger partial charge in [0.15, 0.2) is 5.82 Å². The molecule has 8 nitrogen and oxygen atoms in total. The van der Waals surface area contributed by atoms with E-state index in [1.807, 2.05) is 13.8 Å². The van der Waals surface area contributed by atoms with E-state index < -0.39 is 23.1 Å². The second kappa shape index (κ2) is 7.19. The number of likely N-dealkylation sites (N-methyl/N-ethyl adjacent to an activating group) is 1. The molecule has 0 fully saturated rings. The maximum atomic E-state index is 13.8. The molecule has 28 heavy (non-hydrogen) atoms. The number of nitrogens with zero attached hydrogens (tertiary/aromatic N) is 3. The van der Waals surface area contributed by atoms with E-state index in [1.54, 1.807) is 11.9 Å². The second-order valence-electron chi connectivity index (χ2n) is 7.08. The number of nitrogens with one attached hydrogen (secondary N) is 2. The summed E-state index contributed by atoms with van der Waals surface area (Å²) >= 11 is 0. The van der Waals surface area contributed by atoms with Crippen molar-refractivity contribution < 1.29 is 23.5 Å². The number of carbonyl (C=O) groups excluding carboxylic acids is 2. The molecule has 1 aliphatic rings. The van der Waals surface area contributed by atoms with E-state index in [4.69, 9.17) is 5.11 Å². The van der Waals surface area contributed by atoms with Crippen LogP contribution in [0.5, 0.6) is 0 Å². The molecule has 150 valence electrons. The number of carbonyl (C=O) groups is 2. The SMILES string of the molecule is CN(CCO)C(=O)N1Cc2c(NC(=O)c3ccc(F)cc3F)n[nH]c2C1(C)C. The number of aromatic nitrogens is 2. The molecule has 0 saturated carbocycles. The Morgan fingerprint density at radius 3 is 2.75 bits per heavy atom. The van der Waals surface area contributed by atoms with Crippen LogP contribution in [-0.4, -0.2) is 57.2 Å². The summed E-state index contributed by atoms with van der Waals surface area (Å²) in [6.07, 6.45) is 0. The van der Waals surface area contributed by atoms with Crippen molar-refractivity contribution in [1.82, 2.24) is 20.0 Å². The second-order valence-corrected chi connectivity index (χ2v) is 7.08. The normalized spacial score (nSPS) is 14.7. The molecule has 0 bridgehead atoms. The summed E-state index contributed by atoms with van der Waals surface area (Å²) in [6.45, 7) is 3.85. The average molecular weight is 393 g/mol. The minimum absolute atomic E-state index is 0.159. The third-order valence-electron chi connectivity index (χ3n) is 4.87. The molecule has 0 aliphatic carbocycles. The standard InChI is InChI=1S/C18H21F2N5O3/c1-18(2)14-12(9-25(18)17(28)24(3)6-7-26)15(23-22-14)21-16(27)11-5-4-10(19)8-13(11)20/h4-5,8,26H,6-7,9H2,1-3H3,(H2,21,22,23,27). The van der Waals surface area contributed by atoms with Crippen molar-refractivity contribution in [2.75, 3.05) is 25.5 Å². The molecule has 3 amide bonds. The van der Waals surface area contributed by atoms with E-state index in [-0.39, 0.29) is 37.1 Å². The summed E-state index contributed by atoms with van der Waals surface area (Å²) in [6, 6.07) is 2.39. The molecular weight excluding hydrogens is 372 g/mol. The Labute approximate surface area is 160 Å². The van der Waals surface area contributed by atoms with Crippen molar-refractivity contribution in [2.45, 2.75) is 25.9 Å². The van der Waals surface area contributed by atoms with Crippen molar-refractivity contribution in [3.05, 3.63) is 46.7 Å². The number of benzene rings is 1. The van der Waals surface area contributed by atoms with Gasteiger partial charge in [0.05, 0.1) is 29.9 Å². The molecule has 3 rings (SSSR count). The molecule has 0 saturated heterocycles. The van der Waals surface area contributed by atoms with Gasteiger partial charge < -0.3 is 20.2 Å². The average Bonchev–Trinajstić information content (AvgIpc) is 3.13. The number of urea groups is 1. The Bertz CT molecular complexity index is 928. The third-order valence-corrected chi connectivity index (χ3v) is 4.87. The highest BCUT2D eigenvalue weighted by molar-refractivity contribution is 6.04. The first-order chi connectivity index (χ1) is 13.2. The Morgan fingerprint density at radius 2 is 2.11 bits per heavy atom. The number of rotatable bonds is 4. The number of aliphatic hydroxyl groups excluding tert-OH is 1. The Balaban J connectivity index is 1.84. The van der Waals surface area contributed by atoms with Crippen LogP contribution in [0.1, 0.15) is 35.5 Å². The highest BCUT2D eigenvalue weighted by Crippen LogP contribution is 2.41. The zero-order valence-corrected chi connectivity index (χ0v) is 15.7. The van der Waals surface area contributed by atoms with Crippen LogP contribution in [0.4, 0.5) is 19.4 Å². The van der Waals surface area contributed by atoms with Crippen LogP contribution < -0.4 is 5.32 Å². The minimum Gasteiger partial charge on any atom is -0.395 e. The van der Waals surface area contributed by atoms with Crippen LogP contribution in [0.2, 0.25) is 0 Å². The van der Waals surface area contributed by atoms with Crippen LogP contribution in [-0.2, 0) is 12.1 Å². The molecule has 0 spiro atoms. The lowest BCUT2D eigenvalue weighted by atomic mass is 10.0. The van der Waals surface area contributed by atoms with Gasteiger partial charge in [0.1, 0.15) is 11.6 Å². The van der Waals surface area contributed by atoms with E-state index in [0.29, 0.717) is 17.3 Å². The highest BCUT2D eigenvalue weighted by atomic mass is 19.1. The smallest absolute Gasteiger partial charge is 0.320 e. The fourth-order valence-corrected chi connectivity index (χ4v) is 3.23. The first-order valence-corrected chi connectivity index (χ1v) is 8.64. The fourth-order valence-electron chi connectivity index (χ4n) is 3.23. The van der Waals surface area contributed by atoms with Crippen molar-refractivity contribution in [3.8, 4) is 0 Å². The zero-order valence-electron chi connectivity index (χ0n) is 15.7. The molecule has 0 atom stereocenters. The lowest BCUT2D eigenvalue weighted by Gasteiger charge is -2.34. The maximum absolute atomic E-state index is 13.8. The van der Waals surface area contributed by atoms with Gasteiger partial charge in [-0.2, -0.15) is 5.10 Å². The lowest BCUT2D eigenvalue weighted by molar-refractivity contribution is 0.102. The number of aromatic amines is 1. The van der Waals surface area contributed by atoms with Gasteiger partial charge in [-0.25, -0.2) is 13.6 Å². The summed E-state index contributed by atoms with van der Waals surface area (Å²) in [5.41, 5.74) is 0.207. The number of hydrogen-bond acceptors (Lipinski definition) is 4. The number of fused-ring (bicyclic) bond motifs is 1. The van der Waals surface area contributed by atoms with E-state index in [9.17, 15) is 18.4 Å². The van der Waals surface area contributed by atoms with Crippen LogP contribution >= 0.6 is 0 Å². The quantitative estimate of drug-likeness (QED) is 0.740. The summed E-state index contributed by atoms with van der Waals surface area (Å²) < 4.78 is 26.9. The van der Waals surface area contributed by atoms with Gasteiger partial charge in [-0.05, 0) is 26.0 Å². The van der Waals surface area contributed by atoms with Gasteiger partial charge in [-0.1, -0.05) is 0 Å². The first kappa shape index (κ1) is 19.7. The van der Waals surface area contributed by atoms with Crippen LogP contribution in [0.3, 0.4) is 0 Å².